The van der Waals surface area contributed by atoms with E-state index in [0.29, 0.717) is 6.42 Å². The van der Waals surface area contributed by atoms with E-state index >= 15 is 0 Å². The van der Waals surface area contributed by atoms with Crippen LogP contribution in [0.25, 0.3) is 0 Å². The SMILES string of the molecule is CNCCCC(=O)NC(CC(=O)OC)c1ccccc1. The quantitative estimate of drug-likeness (QED) is 0.557. The summed E-state index contributed by atoms with van der Waals surface area (Å²) in [6, 6.07) is 9.10. The van der Waals surface area contributed by atoms with E-state index in [1.807, 2.05) is 37.4 Å². The van der Waals surface area contributed by atoms with Crippen molar-refractivity contribution in [2.24, 2.45) is 0 Å². The fourth-order valence-corrected chi connectivity index (χ4v) is 1.88. The topological polar surface area (TPSA) is 67.4 Å². The van der Waals surface area contributed by atoms with Gasteiger partial charge < -0.3 is 15.4 Å². The fourth-order valence-electron chi connectivity index (χ4n) is 1.88. The van der Waals surface area contributed by atoms with E-state index in [0.717, 1.165) is 18.5 Å². The Morgan fingerprint density at radius 2 is 1.95 bits per heavy atom. The summed E-state index contributed by atoms with van der Waals surface area (Å²) in [7, 11) is 3.20. The summed E-state index contributed by atoms with van der Waals surface area (Å²) in [6.07, 6.45) is 1.34. The number of nitrogens with one attached hydrogen (secondary N) is 2. The van der Waals surface area contributed by atoms with Gasteiger partial charge in [0.25, 0.3) is 0 Å². The van der Waals surface area contributed by atoms with Crippen molar-refractivity contribution in [3.8, 4) is 0 Å². The highest BCUT2D eigenvalue weighted by atomic mass is 16.5. The summed E-state index contributed by atoms with van der Waals surface area (Å²) < 4.78 is 4.68. The molecule has 0 aliphatic heterocycles. The maximum absolute atomic E-state index is 11.9. The lowest BCUT2D eigenvalue weighted by Gasteiger charge is -2.18. The summed E-state index contributed by atoms with van der Waals surface area (Å²) in [5, 5.41) is 5.89. The Kier molecular flexibility index (Phi) is 7.35. The van der Waals surface area contributed by atoms with E-state index in [2.05, 4.69) is 15.4 Å². The van der Waals surface area contributed by atoms with Crippen LogP contribution in [0.4, 0.5) is 0 Å². The van der Waals surface area contributed by atoms with E-state index in [1.54, 1.807) is 0 Å². The molecule has 5 heteroatoms. The third-order valence-corrected chi connectivity index (χ3v) is 2.97. The van der Waals surface area contributed by atoms with Crippen LogP contribution in [0, 0.1) is 0 Å². The molecule has 1 aromatic rings. The second-order valence-electron chi connectivity index (χ2n) is 4.52. The van der Waals surface area contributed by atoms with Gasteiger partial charge in [-0.25, -0.2) is 0 Å². The zero-order valence-electron chi connectivity index (χ0n) is 12.0. The van der Waals surface area contributed by atoms with E-state index in [4.69, 9.17) is 0 Å². The molecule has 1 rings (SSSR count). The highest BCUT2D eigenvalue weighted by Crippen LogP contribution is 2.17. The van der Waals surface area contributed by atoms with Gasteiger partial charge in [0, 0.05) is 6.42 Å². The van der Waals surface area contributed by atoms with Crippen LogP contribution in [0.3, 0.4) is 0 Å². The predicted octanol–water partition coefficient (Wildman–Crippen LogP) is 1.41. The molecule has 2 N–H and O–H groups in total. The van der Waals surface area contributed by atoms with Crippen LogP contribution in [0.1, 0.15) is 30.9 Å². The van der Waals surface area contributed by atoms with E-state index in [9.17, 15) is 9.59 Å². The van der Waals surface area contributed by atoms with Gasteiger partial charge in [0.15, 0.2) is 0 Å². The fraction of sp³-hybridized carbons (Fsp3) is 0.467. The second-order valence-corrected chi connectivity index (χ2v) is 4.52. The lowest BCUT2D eigenvalue weighted by atomic mass is 10.0. The summed E-state index contributed by atoms with van der Waals surface area (Å²) in [5.41, 5.74) is 0.903. The highest BCUT2D eigenvalue weighted by molar-refractivity contribution is 5.78. The molecule has 0 spiro atoms. The predicted molar refractivity (Wildman–Crippen MR) is 77.1 cm³/mol. The van der Waals surface area contributed by atoms with Crippen molar-refractivity contribution in [3.63, 3.8) is 0 Å². The zero-order chi connectivity index (χ0) is 14.8. The van der Waals surface area contributed by atoms with E-state index in [1.165, 1.54) is 7.11 Å². The molecule has 0 radical (unpaired) electrons. The van der Waals surface area contributed by atoms with Gasteiger partial charge in [-0.15, -0.1) is 0 Å². The van der Waals surface area contributed by atoms with Crippen LogP contribution in [0.2, 0.25) is 0 Å². The summed E-state index contributed by atoms with van der Waals surface area (Å²) in [6.45, 7) is 0.792. The van der Waals surface area contributed by atoms with Gasteiger partial charge in [-0.1, -0.05) is 30.3 Å². The number of carbonyl (C=O) groups is 2. The number of hydrogen-bond acceptors (Lipinski definition) is 4. The molecule has 0 fully saturated rings. The van der Waals surface area contributed by atoms with E-state index in [-0.39, 0.29) is 24.3 Å². The van der Waals surface area contributed by atoms with Crippen molar-refractivity contribution < 1.29 is 14.3 Å². The molecule has 1 atom stereocenters. The minimum Gasteiger partial charge on any atom is -0.469 e. The third-order valence-electron chi connectivity index (χ3n) is 2.97. The first-order chi connectivity index (χ1) is 9.67. The molecule has 0 saturated heterocycles. The molecule has 1 amide bonds. The Morgan fingerprint density at radius 1 is 1.25 bits per heavy atom. The highest BCUT2D eigenvalue weighted by Gasteiger charge is 2.18. The molecule has 0 aromatic heterocycles. The molecule has 0 saturated carbocycles. The van der Waals surface area contributed by atoms with Crippen molar-refractivity contribution in [3.05, 3.63) is 35.9 Å². The van der Waals surface area contributed by atoms with Crippen molar-refractivity contribution in [2.75, 3.05) is 20.7 Å². The van der Waals surface area contributed by atoms with Crippen molar-refractivity contribution in [1.82, 2.24) is 10.6 Å². The van der Waals surface area contributed by atoms with Crippen molar-refractivity contribution in [2.45, 2.75) is 25.3 Å². The third kappa shape index (κ3) is 5.84. The summed E-state index contributed by atoms with van der Waals surface area (Å²) >= 11 is 0. The minimum absolute atomic E-state index is 0.0574. The van der Waals surface area contributed by atoms with Gasteiger partial charge in [0.2, 0.25) is 5.91 Å². The molecule has 5 nitrogen and oxygen atoms in total. The summed E-state index contributed by atoms with van der Waals surface area (Å²) in [4.78, 5) is 23.3. The average Bonchev–Trinajstić information content (AvgIpc) is 2.47. The molecule has 20 heavy (non-hydrogen) atoms. The van der Waals surface area contributed by atoms with Crippen LogP contribution < -0.4 is 10.6 Å². The first kappa shape index (κ1) is 16.2. The van der Waals surface area contributed by atoms with Crippen LogP contribution >= 0.6 is 0 Å². The lowest BCUT2D eigenvalue weighted by Crippen LogP contribution is -2.30. The van der Waals surface area contributed by atoms with Crippen molar-refractivity contribution in [1.29, 1.82) is 0 Å². The van der Waals surface area contributed by atoms with Gasteiger partial charge in [0.1, 0.15) is 0 Å². The summed E-state index contributed by atoms with van der Waals surface area (Å²) in [5.74, 6) is -0.396. The van der Waals surface area contributed by atoms with Gasteiger partial charge in [-0.3, -0.25) is 9.59 Å². The van der Waals surface area contributed by atoms with Crippen molar-refractivity contribution >= 4 is 11.9 Å². The molecule has 0 bridgehead atoms. The smallest absolute Gasteiger partial charge is 0.307 e. The molecule has 0 heterocycles. The lowest BCUT2D eigenvalue weighted by molar-refractivity contribution is -0.141. The number of esters is 1. The van der Waals surface area contributed by atoms with Gasteiger partial charge in [0.05, 0.1) is 19.6 Å². The van der Waals surface area contributed by atoms with Gasteiger partial charge in [-0.2, -0.15) is 0 Å². The molecule has 0 aliphatic carbocycles. The molecule has 1 unspecified atom stereocenters. The van der Waals surface area contributed by atoms with E-state index < -0.39 is 0 Å². The number of hydrogen-bond donors (Lipinski definition) is 2. The average molecular weight is 278 g/mol. The monoisotopic (exact) mass is 278 g/mol. The zero-order valence-corrected chi connectivity index (χ0v) is 12.0. The number of methoxy groups -OCH3 is 1. The molecular weight excluding hydrogens is 256 g/mol. The first-order valence-electron chi connectivity index (χ1n) is 6.73. The standard InChI is InChI=1S/C15H22N2O3/c1-16-10-6-9-14(18)17-13(11-15(19)20-2)12-7-4-3-5-8-12/h3-5,7-8,13,16H,6,9-11H2,1-2H3,(H,17,18). The molecular formula is C15H22N2O3. The molecule has 0 aliphatic rings. The first-order valence-corrected chi connectivity index (χ1v) is 6.73. The normalized spacial score (nSPS) is 11.7. The van der Waals surface area contributed by atoms with Gasteiger partial charge >= 0.3 is 5.97 Å². The number of ether oxygens (including phenoxy) is 1. The number of carbonyl (C=O) groups excluding carboxylic acids is 2. The van der Waals surface area contributed by atoms with Crippen LogP contribution in [-0.4, -0.2) is 32.6 Å². The Morgan fingerprint density at radius 3 is 2.55 bits per heavy atom. The Balaban J connectivity index is 2.63. The second kappa shape index (κ2) is 9.09. The Hall–Kier alpha value is -1.88. The minimum atomic E-state index is -0.342. The number of benzene rings is 1. The van der Waals surface area contributed by atoms with Crippen LogP contribution in [0.15, 0.2) is 30.3 Å². The van der Waals surface area contributed by atoms with Crippen LogP contribution in [0.5, 0.6) is 0 Å². The maximum atomic E-state index is 11.9. The Labute approximate surface area is 119 Å². The Bertz CT molecular complexity index is 420. The molecule has 110 valence electrons. The van der Waals surface area contributed by atoms with Gasteiger partial charge in [-0.05, 0) is 25.6 Å². The molecule has 1 aromatic carbocycles. The van der Waals surface area contributed by atoms with Crippen LogP contribution in [-0.2, 0) is 14.3 Å². The maximum Gasteiger partial charge on any atom is 0.307 e. The number of amides is 1. The largest absolute Gasteiger partial charge is 0.469 e. The number of rotatable bonds is 8.